The standard InChI is InChI=1S/C14H25N5O5S/c1-14(2,8-16-13(15)22)17-6-9(20)7-24-12-10(18-25-19-12)4-5-11(21)23-3/h9,17,20H,4-8H2,1-3H3,(H3,15,16,22). The Bertz CT molecular complexity index is 566. The molecule has 1 heterocycles. The number of carbonyl (C=O) groups excluding carboxylic acids is 2. The maximum Gasteiger partial charge on any atom is 0.312 e. The minimum absolute atomic E-state index is 0.0168. The van der Waals surface area contributed by atoms with Gasteiger partial charge < -0.3 is 30.9 Å². The number of primary amides is 1. The summed E-state index contributed by atoms with van der Waals surface area (Å²) in [7, 11) is 1.32. The molecule has 1 aromatic heterocycles. The van der Waals surface area contributed by atoms with Crippen LogP contribution in [0.5, 0.6) is 5.88 Å². The van der Waals surface area contributed by atoms with Crippen LogP contribution in [0.1, 0.15) is 26.0 Å². The van der Waals surface area contributed by atoms with Crippen molar-refractivity contribution < 1.29 is 24.2 Å². The molecule has 0 radical (unpaired) electrons. The van der Waals surface area contributed by atoms with Gasteiger partial charge in [-0.05, 0) is 13.8 Å². The number of nitrogens with zero attached hydrogens (tertiary/aromatic N) is 2. The van der Waals surface area contributed by atoms with E-state index in [4.69, 9.17) is 10.5 Å². The van der Waals surface area contributed by atoms with Crippen molar-refractivity contribution in [2.24, 2.45) is 5.73 Å². The summed E-state index contributed by atoms with van der Waals surface area (Å²) in [6, 6.07) is -0.603. The molecule has 0 aromatic carbocycles. The third kappa shape index (κ3) is 8.61. The number of β-amino-alcohol motifs (C(OH)–C–C–N with tert-alkyl or cyclic N) is 1. The van der Waals surface area contributed by atoms with E-state index in [9.17, 15) is 14.7 Å². The van der Waals surface area contributed by atoms with Gasteiger partial charge in [-0.2, -0.15) is 4.37 Å². The van der Waals surface area contributed by atoms with Gasteiger partial charge in [0.25, 0.3) is 0 Å². The van der Waals surface area contributed by atoms with Gasteiger partial charge in [-0.3, -0.25) is 4.79 Å². The van der Waals surface area contributed by atoms with E-state index in [1.165, 1.54) is 7.11 Å². The number of nitrogens with one attached hydrogen (secondary N) is 2. The van der Waals surface area contributed by atoms with Gasteiger partial charge >= 0.3 is 12.0 Å². The number of esters is 1. The number of amides is 2. The quantitative estimate of drug-likeness (QED) is 0.375. The first kappa shape index (κ1) is 21.1. The van der Waals surface area contributed by atoms with Gasteiger partial charge in [0, 0.05) is 25.0 Å². The Balaban J connectivity index is 2.37. The third-order valence-corrected chi connectivity index (χ3v) is 3.80. The first-order valence-corrected chi connectivity index (χ1v) is 8.44. The average molecular weight is 375 g/mol. The predicted molar refractivity (Wildman–Crippen MR) is 91.4 cm³/mol. The van der Waals surface area contributed by atoms with Crippen LogP contribution in [0.15, 0.2) is 0 Å². The molecule has 2 amide bonds. The van der Waals surface area contributed by atoms with E-state index < -0.39 is 17.7 Å². The second kappa shape index (κ2) is 10.1. The Hall–Kier alpha value is -1.98. The number of ether oxygens (including phenoxy) is 2. The highest BCUT2D eigenvalue weighted by Gasteiger charge is 2.20. The van der Waals surface area contributed by atoms with E-state index in [1.54, 1.807) is 0 Å². The summed E-state index contributed by atoms with van der Waals surface area (Å²) >= 11 is 0.978. The van der Waals surface area contributed by atoms with E-state index in [2.05, 4.69) is 24.1 Å². The molecule has 10 nitrogen and oxygen atoms in total. The zero-order valence-corrected chi connectivity index (χ0v) is 15.4. The Morgan fingerprint density at radius 2 is 2.12 bits per heavy atom. The molecule has 25 heavy (non-hydrogen) atoms. The molecule has 1 atom stereocenters. The minimum atomic E-state index is -0.789. The van der Waals surface area contributed by atoms with Crippen molar-refractivity contribution in [3.8, 4) is 5.88 Å². The summed E-state index contributed by atoms with van der Waals surface area (Å²) in [5.74, 6) is -0.0300. The maximum atomic E-state index is 11.2. The predicted octanol–water partition coefficient (Wildman–Crippen LogP) is -0.580. The molecule has 0 fully saturated rings. The summed E-state index contributed by atoms with van der Waals surface area (Å²) < 4.78 is 18.1. The normalized spacial score (nSPS) is 12.5. The lowest BCUT2D eigenvalue weighted by atomic mass is 10.1. The van der Waals surface area contributed by atoms with Crippen molar-refractivity contribution in [3.63, 3.8) is 0 Å². The maximum absolute atomic E-state index is 11.2. The van der Waals surface area contributed by atoms with E-state index in [1.807, 2.05) is 13.8 Å². The number of methoxy groups -OCH3 is 1. The molecule has 1 unspecified atom stereocenters. The van der Waals surface area contributed by atoms with E-state index in [0.717, 1.165) is 11.7 Å². The van der Waals surface area contributed by atoms with Crippen LogP contribution in [-0.4, -0.2) is 64.3 Å². The lowest BCUT2D eigenvalue weighted by Crippen LogP contribution is -2.52. The summed E-state index contributed by atoms with van der Waals surface area (Å²) in [5.41, 5.74) is 5.15. The fourth-order valence-corrected chi connectivity index (χ4v) is 2.32. The number of rotatable bonds is 11. The topological polar surface area (TPSA) is 149 Å². The Labute approximate surface area is 150 Å². The largest absolute Gasteiger partial charge is 0.473 e. The molecule has 5 N–H and O–H groups in total. The van der Waals surface area contributed by atoms with Crippen LogP contribution in [0.4, 0.5) is 4.79 Å². The van der Waals surface area contributed by atoms with Gasteiger partial charge in [0.15, 0.2) is 0 Å². The summed E-state index contributed by atoms with van der Waals surface area (Å²) in [6.07, 6.45) is -0.245. The molecule has 0 saturated heterocycles. The summed E-state index contributed by atoms with van der Waals surface area (Å²) in [6.45, 7) is 4.33. The summed E-state index contributed by atoms with van der Waals surface area (Å²) in [5, 5.41) is 15.6. The molecule has 0 aliphatic rings. The number of hydrogen-bond donors (Lipinski definition) is 4. The zero-order chi connectivity index (χ0) is 18.9. The van der Waals surface area contributed by atoms with Crippen molar-refractivity contribution in [3.05, 3.63) is 5.69 Å². The third-order valence-electron chi connectivity index (χ3n) is 3.25. The number of nitrogens with two attached hydrogens (primary N) is 1. The zero-order valence-electron chi connectivity index (χ0n) is 14.6. The molecule has 11 heteroatoms. The van der Waals surface area contributed by atoms with Gasteiger partial charge in [-0.15, -0.1) is 4.37 Å². The molecule has 0 bridgehead atoms. The van der Waals surface area contributed by atoms with Crippen LogP contribution in [0.3, 0.4) is 0 Å². The van der Waals surface area contributed by atoms with E-state index in [-0.39, 0.29) is 25.5 Å². The summed E-state index contributed by atoms with van der Waals surface area (Å²) in [4.78, 5) is 21.9. The minimum Gasteiger partial charge on any atom is -0.473 e. The Kier molecular flexibility index (Phi) is 8.52. The lowest BCUT2D eigenvalue weighted by molar-refractivity contribution is -0.140. The van der Waals surface area contributed by atoms with Gasteiger partial charge in [0.2, 0.25) is 5.88 Å². The second-order valence-corrected chi connectivity index (χ2v) is 6.57. The van der Waals surface area contributed by atoms with Crippen molar-refractivity contribution in [1.82, 2.24) is 19.4 Å². The van der Waals surface area contributed by atoms with Crippen molar-refractivity contribution in [1.29, 1.82) is 0 Å². The number of urea groups is 1. The Morgan fingerprint density at radius 3 is 2.76 bits per heavy atom. The van der Waals surface area contributed by atoms with Crippen LogP contribution in [0, 0.1) is 0 Å². The molecule has 1 rings (SSSR count). The van der Waals surface area contributed by atoms with Crippen molar-refractivity contribution >= 4 is 23.7 Å². The van der Waals surface area contributed by atoms with E-state index >= 15 is 0 Å². The first-order chi connectivity index (χ1) is 11.7. The fraction of sp³-hybridized carbons (Fsp3) is 0.714. The molecule has 0 spiro atoms. The molecule has 142 valence electrons. The fourth-order valence-electron chi connectivity index (χ4n) is 1.78. The first-order valence-electron chi connectivity index (χ1n) is 7.71. The Morgan fingerprint density at radius 1 is 1.40 bits per heavy atom. The van der Waals surface area contributed by atoms with Crippen LogP contribution in [-0.2, 0) is 16.0 Å². The number of hydrogen-bond acceptors (Lipinski definition) is 9. The highest BCUT2D eigenvalue weighted by molar-refractivity contribution is 6.99. The van der Waals surface area contributed by atoms with Crippen LogP contribution in [0.25, 0.3) is 0 Å². The number of carbonyl (C=O) groups is 2. The number of aryl methyl sites for hydroxylation is 1. The molecular formula is C14H25N5O5S. The second-order valence-electron chi connectivity index (χ2n) is 6.04. The number of aromatic nitrogens is 2. The molecule has 0 aliphatic carbocycles. The van der Waals surface area contributed by atoms with Crippen molar-refractivity contribution in [2.45, 2.75) is 38.3 Å². The monoisotopic (exact) mass is 375 g/mol. The highest BCUT2D eigenvalue weighted by atomic mass is 32.1. The van der Waals surface area contributed by atoms with Gasteiger partial charge in [0.1, 0.15) is 18.4 Å². The molecule has 1 aromatic rings. The van der Waals surface area contributed by atoms with Gasteiger partial charge in [0.05, 0.1) is 25.3 Å². The highest BCUT2D eigenvalue weighted by Crippen LogP contribution is 2.17. The molecular weight excluding hydrogens is 350 g/mol. The lowest BCUT2D eigenvalue weighted by Gasteiger charge is -2.27. The van der Waals surface area contributed by atoms with Crippen LogP contribution >= 0.6 is 11.7 Å². The number of aliphatic hydroxyl groups excluding tert-OH is 1. The van der Waals surface area contributed by atoms with Gasteiger partial charge in [-0.1, -0.05) is 0 Å². The molecule has 0 saturated carbocycles. The SMILES string of the molecule is COC(=O)CCc1nsnc1OCC(O)CNC(C)(C)CNC(N)=O. The molecule has 0 aliphatic heterocycles. The smallest absolute Gasteiger partial charge is 0.312 e. The van der Waals surface area contributed by atoms with Crippen LogP contribution in [0.2, 0.25) is 0 Å². The average Bonchev–Trinajstić information content (AvgIpc) is 3.01. The van der Waals surface area contributed by atoms with Crippen LogP contribution < -0.4 is 21.1 Å². The van der Waals surface area contributed by atoms with E-state index in [0.29, 0.717) is 24.5 Å². The van der Waals surface area contributed by atoms with Gasteiger partial charge in [-0.25, -0.2) is 4.79 Å². The number of aliphatic hydroxyl groups is 1. The van der Waals surface area contributed by atoms with Crippen molar-refractivity contribution in [2.75, 3.05) is 26.8 Å².